The Bertz CT molecular complexity index is 497. The van der Waals surface area contributed by atoms with Crippen molar-refractivity contribution in [1.82, 2.24) is 5.32 Å². The average molecular weight is 300 g/mol. The van der Waals surface area contributed by atoms with E-state index in [2.05, 4.69) is 29.8 Å². The third kappa shape index (κ3) is 3.48. The van der Waals surface area contributed by atoms with Gasteiger partial charge in [0.15, 0.2) is 0 Å². The summed E-state index contributed by atoms with van der Waals surface area (Å²) in [5.41, 5.74) is 1.11. The van der Waals surface area contributed by atoms with E-state index in [1.165, 1.54) is 4.88 Å². The molecule has 0 radical (unpaired) electrons. The van der Waals surface area contributed by atoms with Crippen LogP contribution in [0.3, 0.4) is 0 Å². The van der Waals surface area contributed by atoms with Crippen molar-refractivity contribution >= 4 is 34.5 Å². The topological polar surface area (TPSA) is 12.0 Å². The molecule has 0 saturated heterocycles. The largest absolute Gasteiger partial charge is 0.310 e. The maximum atomic E-state index is 6.28. The van der Waals surface area contributed by atoms with E-state index in [4.69, 9.17) is 23.2 Å². The summed E-state index contributed by atoms with van der Waals surface area (Å²) in [6.07, 6.45) is 0.951. The number of hydrogen-bond donors (Lipinski definition) is 1. The first-order valence-corrected chi connectivity index (χ1v) is 7.55. The molecule has 1 N–H and O–H groups in total. The van der Waals surface area contributed by atoms with Crippen LogP contribution >= 0.6 is 34.5 Å². The molecule has 96 valence electrons. The second-order valence-corrected chi connectivity index (χ2v) is 5.94. The average Bonchev–Trinajstić information content (AvgIpc) is 2.81. The lowest BCUT2D eigenvalue weighted by molar-refractivity contribution is 0.553. The molecule has 0 spiro atoms. The number of thiophene rings is 1. The predicted molar refractivity (Wildman–Crippen MR) is 80.9 cm³/mol. The van der Waals surface area contributed by atoms with Gasteiger partial charge < -0.3 is 5.32 Å². The molecular formula is C14H15Cl2NS. The van der Waals surface area contributed by atoms with Gasteiger partial charge in [-0.05, 0) is 35.7 Å². The van der Waals surface area contributed by atoms with E-state index in [9.17, 15) is 0 Å². The van der Waals surface area contributed by atoms with Gasteiger partial charge in [0.2, 0.25) is 0 Å². The molecule has 0 aliphatic heterocycles. The van der Waals surface area contributed by atoms with Crippen LogP contribution in [0.4, 0.5) is 0 Å². The zero-order valence-electron chi connectivity index (χ0n) is 10.1. The minimum atomic E-state index is 0.235. The van der Waals surface area contributed by atoms with E-state index < -0.39 is 0 Å². The fourth-order valence-electron chi connectivity index (χ4n) is 1.95. The molecule has 1 atom stereocenters. The third-order valence-electron chi connectivity index (χ3n) is 2.77. The van der Waals surface area contributed by atoms with E-state index in [1.807, 2.05) is 12.1 Å². The van der Waals surface area contributed by atoms with Crippen LogP contribution < -0.4 is 5.32 Å². The van der Waals surface area contributed by atoms with Crippen molar-refractivity contribution in [2.75, 3.05) is 6.54 Å². The second kappa shape index (κ2) is 6.58. The van der Waals surface area contributed by atoms with Crippen LogP contribution in [-0.2, 0) is 6.42 Å². The molecule has 4 heteroatoms. The molecule has 0 amide bonds. The lowest BCUT2D eigenvalue weighted by Crippen LogP contribution is -2.22. The molecule has 2 aromatic rings. The number of hydrogen-bond acceptors (Lipinski definition) is 2. The molecule has 1 nitrogen and oxygen atoms in total. The van der Waals surface area contributed by atoms with Crippen LogP contribution in [0, 0.1) is 0 Å². The number of benzene rings is 1. The predicted octanol–water partition coefficient (Wildman–Crippen LogP) is 4.95. The minimum Gasteiger partial charge on any atom is -0.310 e. The SMILES string of the molecule is CCNC(Cc1cccs1)c1ccc(Cl)cc1Cl. The summed E-state index contributed by atoms with van der Waals surface area (Å²) in [6, 6.07) is 10.2. The van der Waals surface area contributed by atoms with Crippen molar-refractivity contribution in [3.63, 3.8) is 0 Å². The van der Waals surface area contributed by atoms with Crippen molar-refractivity contribution in [3.8, 4) is 0 Å². The van der Waals surface area contributed by atoms with Gasteiger partial charge >= 0.3 is 0 Å². The highest BCUT2D eigenvalue weighted by Crippen LogP contribution is 2.29. The molecule has 1 unspecified atom stereocenters. The molecule has 0 aliphatic carbocycles. The van der Waals surface area contributed by atoms with Crippen molar-refractivity contribution in [3.05, 3.63) is 56.2 Å². The quantitative estimate of drug-likeness (QED) is 0.824. The molecule has 0 bridgehead atoms. The van der Waals surface area contributed by atoms with Gasteiger partial charge in [-0.1, -0.05) is 42.3 Å². The fraction of sp³-hybridized carbons (Fsp3) is 0.286. The van der Waals surface area contributed by atoms with Crippen LogP contribution in [0.1, 0.15) is 23.4 Å². The van der Waals surface area contributed by atoms with Gasteiger partial charge in [-0.25, -0.2) is 0 Å². The van der Waals surface area contributed by atoms with Gasteiger partial charge in [-0.3, -0.25) is 0 Å². The lowest BCUT2D eigenvalue weighted by atomic mass is 10.0. The maximum absolute atomic E-state index is 6.28. The molecule has 0 saturated carbocycles. The normalized spacial score (nSPS) is 12.6. The van der Waals surface area contributed by atoms with Crippen molar-refractivity contribution in [2.24, 2.45) is 0 Å². The number of halogens is 2. The first kappa shape index (κ1) is 13.9. The molecule has 0 fully saturated rings. The highest BCUT2D eigenvalue weighted by Gasteiger charge is 2.15. The molecule has 18 heavy (non-hydrogen) atoms. The van der Waals surface area contributed by atoms with Gasteiger partial charge in [-0.15, -0.1) is 11.3 Å². The van der Waals surface area contributed by atoms with E-state index in [-0.39, 0.29) is 6.04 Å². The summed E-state index contributed by atoms with van der Waals surface area (Å²) in [6.45, 7) is 3.01. The number of nitrogens with one attached hydrogen (secondary N) is 1. The highest BCUT2D eigenvalue weighted by molar-refractivity contribution is 7.09. The second-order valence-electron chi connectivity index (χ2n) is 4.06. The Morgan fingerprint density at radius 3 is 2.72 bits per heavy atom. The van der Waals surface area contributed by atoms with Gasteiger partial charge in [0.05, 0.1) is 0 Å². The van der Waals surface area contributed by atoms with Gasteiger partial charge in [-0.2, -0.15) is 0 Å². The van der Waals surface area contributed by atoms with Crippen LogP contribution in [0.5, 0.6) is 0 Å². The van der Waals surface area contributed by atoms with Crippen molar-refractivity contribution in [2.45, 2.75) is 19.4 Å². The fourth-order valence-corrected chi connectivity index (χ4v) is 3.24. The van der Waals surface area contributed by atoms with E-state index in [0.29, 0.717) is 5.02 Å². The highest BCUT2D eigenvalue weighted by atomic mass is 35.5. The first-order chi connectivity index (χ1) is 8.70. The summed E-state index contributed by atoms with van der Waals surface area (Å²) < 4.78 is 0. The minimum absolute atomic E-state index is 0.235. The monoisotopic (exact) mass is 299 g/mol. The number of rotatable bonds is 5. The Morgan fingerprint density at radius 1 is 1.28 bits per heavy atom. The Labute approximate surface area is 122 Å². The van der Waals surface area contributed by atoms with Gasteiger partial charge in [0.25, 0.3) is 0 Å². The first-order valence-electron chi connectivity index (χ1n) is 5.91. The number of likely N-dealkylation sites (N-methyl/N-ethyl adjacent to an activating group) is 1. The smallest absolute Gasteiger partial charge is 0.0468 e. The third-order valence-corrected chi connectivity index (χ3v) is 4.23. The molecule has 2 rings (SSSR count). The molecular weight excluding hydrogens is 285 g/mol. The summed E-state index contributed by atoms with van der Waals surface area (Å²) in [5, 5.41) is 6.98. The maximum Gasteiger partial charge on any atom is 0.0468 e. The van der Waals surface area contributed by atoms with E-state index >= 15 is 0 Å². The summed E-state index contributed by atoms with van der Waals surface area (Å²) in [7, 11) is 0. The molecule has 1 aromatic heterocycles. The van der Waals surface area contributed by atoms with E-state index in [1.54, 1.807) is 17.4 Å². The zero-order valence-corrected chi connectivity index (χ0v) is 12.4. The van der Waals surface area contributed by atoms with Crippen molar-refractivity contribution in [1.29, 1.82) is 0 Å². The summed E-state index contributed by atoms with van der Waals surface area (Å²) in [4.78, 5) is 1.35. The molecule has 0 aliphatic rings. The van der Waals surface area contributed by atoms with Gasteiger partial charge in [0, 0.05) is 27.4 Å². The Kier molecular flexibility index (Phi) is 5.07. The van der Waals surface area contributed by atoms with Crippen LogP contribution in [0.15, 0.2) is 35.7 Å². The van der Waals surface area contributed by atoms with Crippen LogP contribution in [0.25, 0.3) is 0 Å². The molecule has 1 heterocycles. The Hall–Kier alpha value is -0.540. The summed E-state index contributed by atoms with van der Waals surface area (Å²) in [5.74, 6) is 0. The Balaban J connectivity index is 2.23. The van der Waals surface area contributed by atoms with E-state index in [0.717, 1.165) is 23.6 Å². The van der Waals surface area contributed by atoms with Crippen LogP contribution in [0.2, 0.25) is 10.0 Å². The van der Waals surface area contributed by atoms with Gasteiger partial charge in [0.1, 0.15) is 0 Å². The standard InChI is InChI=1S/C14H15Cl2NS/c1-2-17-14(9-11-4-3-7-18-11)12-6-5-10(15)8-13(12)16/h3-8,14,17H,2,9H2,1H3. The zero-order chi connectivity index (χ0) is 13.0. The summed E-state index contributed by atoms with van der Waals surface area (Å²) >= 11 is 14.0. The van der Waals surface area contributed by atoms with Crippen LogP contribution in [-0.4, -0.2) is 6.54 Å². The Morgan fingerprint density at radius 2 is 2.11 bits per heavy atom. The molecule has 1 aromatic carbocycles. The van der Waals surface area contributed by atoms with Crippen molar-refractivity contribution < 1.29 is 0 Å². The lowest BCUT2D eigenvalue weighted by Gasteiger charge is -2.19.